The Balaban J connectivity index is 2.47. The molecule has 0 fully saturated rings. The van der Waals surface area contributed by atoms with Gasteiger partial charge < -0.3 is 11.1 Å². The van der Waals surface area contributed by atoms with E-state index in [4.69, 9.17) is 5.73 Å². The average Bonchev–Trinajstić information content (AvgIpc) is 2.81. The van der Waals surface area contributed by atoms with Crippen molar-refractivity contribution < 1.29 is 13.2 Å². The van der Waals surface area contributed by atoms with Gasteiger partial charge in [-0.2, -0.15) is 22.8 Å². The van der Waals surface area contributed by atoms with Crippen molar-refractivity contribution in [1.29, 1.82) is 0 Å². The highest BCUT2D eigenvalue weighted by Gasteiger charge is 2.33. The van der Waals surface area contributed by atoms with Crippen molar-refractivity contribution in [2.24, 2.45) is 5.73 Å². The lowest BCUT2D eigenvalue weighted by Crippen LogP contribution is -2.15. The lowest BCUT2D eigenvalue weighted by Gasteiger charge is -2.11. The molecule has 2 aromatic rings. The Labute approximate surface area is 114 Å². The third-order valence-corrected chi connectivity index (χ3v) is 2.82. The number of nitrogens with two attached hydrogens (primary N) is 1. The van der Waals surface area contributed by atoms with Crippen LogP contribution < -0.4 is 11.1 Å². The number of aromatic nitrogens is 3. The number of hydrogen-bond donors (Lipinski definition) is 2. The Morgan fingerprint density at radius 2 is 2.10 bits per heavy atom. The molecule has 110 valence electrons. The first-order valence-electron chi connectivity index (χ1n) is 6.36. The highest BCUT2D eigenvalue weighted by Crippen LogP contribution is 2.30. The summed E-state index contributed by atoms with van der Waals surface area (Å²) >= 11 is 0. The first-order valence-corrected chi connectivity index (χ1v) is 6.36. The summed E-state index contributed by atoms with van der Waals surface area (Å²) in [7, 11) is 0. The Hall–Kier alpha value is -1.83. The van der Waals surface area contributed by atoms with E-state index in [1.54, 1.807) is 6.07 Å². The summed E-state index contributed by atoms with van der Waals surface area (Å²) in [6.45, 7) is 2.83. The number of alkyl halides is 3. The molecule has 2 heterocycles. The number of fused-ring (bicyclic) bond motifs is 1. The van der Waals surface area contributed by atoms with Gasteiger partial charge in [0.25, 0.3) is 0 Å². The lowest BCUT2D eigenvalue weighted by molar-refractivity contribution is -0.141. The van der Waals surface area contributed by atoms with Crippen LogP contribution in [0.3, 0.4) is 0 Å². The van der Waals surface area contributed by atoms with Gasteiger partial charge in [0.15, 0.2) is 11.3 Å². The van der Waals surface area contributed by atoms with Gasteiger partial charge >= 0.3 is 6.18 Å². The van der Waals surface area contributed by atoms with Gasteiger partial charge in [-0.05, 0) is 19.4 Å². The molecule has 0 aliphatic carbocycles. The van der Waals surface area contributed by atoms with E-state index in [-0.39, 0.29) is 11.5 Å². The quantitative estimate of drug-likeness (QED) is 0.826. The minimum atomic E-state index is -4.48. The van der Waals surface area contributed by atoms with E-state index < -0.39 is 11.9 Å². The summed E-state index contributed by atoms with van der Waals surface area (Å²) in [4.78, 5) is 3.61. The fraction of sp³-hybridized carbons (Fsp3) is 0.500. The third-order valence-electron chi connectivity index (χ3n) is 2.82. The fourth-order valence-electron chi connectivity index (χ4n) is 1.78. The van der Waals surface area contributed by atoms with Crippen LogP contribution in [0.4, 0.5) is 19.0 Å². The third kappa shape index (κ3) is 3.01. The van der Waals surface area contributed by atoms with E-state index in [1.165, 1.54) is 4.52 Å². The number of halogens is 3. The molecule has 0 unspecified atom stereocenters. The van der Waals surface area contributed by atoms with Crippen molar-refractivity contribution in [2.75, 3.05) is 18.4 Å². The molecule has 0 aliphatic rings. The number of nitrogens with one attached hydrogen (secondary N) is 1. The molecule has 5 nitrogen and oxygen atoms in total. The number of rotatable bonds is 5. The van der Waals surface area contributed by atoms with E-state index in [2.05, 4.69) is 15.4 Å². The lowest BCUT2D eigenvalue weighted by atomic mass is 10.3. The predicted molar refractivity (Wildman–Crippen MR) is 69.5 cm³/mol. The summed E-state index contributed by atoms with van der Waals surface area (Å²) in [6, 6.07) is 2.53. The van der Waals surface area contributed by atoms with Gasteiger partial charge in [0.1, 0.15) is 5.82 Å². The van der Waals surface area contributed by atoms with Crippen molar-refractivity contribution in [3.8, 4) is 0 Å². The molecule has 8 heteroatoms. The monoisotopic (exact) mass is 287 g/mol. The molecule has 0 spiro atoms. The van der Waals surface area contributed by atoms with Crippen molar-refractivity contribution in [3.63, 3.8) is 0 Å². The number of nitrogens with zero attached hydrogens (tertiary/aromatic N) is 3. The van der Waals surface area contributed by atoms with Crippen LogP contribution in [0.25, 0.3) is 5.65 Å². The molecule has 0 saturated carbocycles. The number of aryl methyl sites for hydroxylation is 1. The normalized spacial score (nSPS) is 12.1. The molecule has 0 aliphatic heterocycles. The molecule has 0 radical (unpaired) electrons. The Kier molecular flexibility index (Phi) is 4.12. The summed E-state index contributed by atoms with van der Waals surface area (Å²) < 4.78 is 39.9. The zero-order chi connectivity index (χ0) is 14.8. The maximum absolute atomic E-state index is 12.8. The van der Waals surface area contributed by atoms with E-state index >= 15 is 0 Å². The minimum Gasteiger partial charge on any atom is -0.370 e. The van der Waals surface area contributed by atoms with Crippen LogP contribution in [-0.2, 0) is 12.6 Å². The maximum Gasteiger partial charge on any atom is 0.433 e. The molecule has 0 aromatic carbocycles. The predicted octanol–water partition coefficient (Wildman–Crippen LogP) is 2.07. The Bertz CT molecular complexity index is 591. The highest BCUT2D eigenvalue weighted by molar-refractivity contribution is 5.51. The van der Waals surface area contributed by atoms with Crippen LogP contribution in [0, 0.1) is 0 Å². The van der Waals surface area contributed by atoms with Gasteiger partial charge in [0.2, 0.25) is 0 Å². The van der Waals surface area contributed by atoms with E-state index in [0.29, 0.717) is 31.6 Å². The standard InChI is InChI=1S/C12H16F3N5/c1-2-8-6-11-18-9(12(13,14)15)7-10(20(11)19-8)17-5-3-4-16/h6-7,17H,2-5,16H2,1H3. The zero-order valence-corrected chi connectivity index (χ0v) is 11.0. The van der Waals surface area contributed by atoms with Gasteiger partial charge in [0.05, 0.1) is 5.69 Å². The van der Waals surface area contributed by atoms with Crippen LogP contribution in [0.5, 0.6) is 0 Å². The van der Waals surface area contributed by atoms with Gasteiger partial charge in [-0.25, -0.2) is 4.98 Å². The molecule has 0 bridgehead atoms. The van der Waals surface area contributed by atoms with Gasteiger partial charge in [-0.3, -0.25) is 0 Å². The molecule has 20 heavy (non-hydrogen) atoms. The van der Waals surface area contributed by atoms with Gasteiger partial charge in [-0.15, -0.1) is 0 Å². The highest BCUT2D eigenvalue weighted by atomic mass is 19.4. The number of anilines is 1. The Morgan fingerprint density at radius 1 is 1.35 bits per heavy atom. The molecular formula is C12H16F3N5. The van der Waals surface area contributed by atoms with Crippen LogP contribution in [0.1, 0.15) is 24.7 Å². The smallest absolute Gasteiger partial charge is 0.370 e. The van der Waals surface area contributed by atoms with Crippen LogP contribution >= 0.6 is 0 Å². The second kappa shape index (κ2) is 5.66. The first-order chi connectivity index (χ1) is 9.45. The Morgan fingerprint density at radius 3 is 2.70 bits per heavy atom. The van der Waals surface area contributed by atoms with Crippen LogP contribution in [0.15, 0.2) is 12.1 Å². The van der Waals surface area contributed by atoms with Crippen LogP contribution in [-0.4, -0.2) is 27.7 Å². The maximum atomic E-state index is 12.8. The SMILES string of the molecule is CCc1cc2nc(C(F)(F)F)cc(NCCCN)n2n1. The van der Waals surface area contributed by atoms with Gasteiger partial charge in [0, 0.05) is 18.7 Å². The van der Waals surface area contributed by atoms with E-state index in [0.717, 1.165) is 6.07 Å². The summed E-state index contributed by atoms with van der Waals surface area (Å²) in [5.74, 6) is 0.274. The van der Waals surface area contributed by atoms with Crippen molar-refractivity contribution >= 4 is 11.5 Å². The second-order valence-electron chi connectivity index (χ2n) is 4.35. The zero-order valence-electron chi connectivity index (χ0n) is 11.0. The first kappa shape index (κ1) is 14.6. The second-order valence-corrected chi connectivity index (χ2v) is 4.35. The van der Waals surface area contributed by atoms with Gasteiger partial charge in [-0.1, -0.05) is 6.92 Å². The molecule has 0 saturated heterocycles. The largest absolute Gasteiger partial charge is 0.433 e. The summed E-state index contributed by atoms with van der Waals surface area (Å²) in [5.41, 5.74) is 5.33. The minimum absolute atomic E-state index is 0.187. The molecular weight excluding hydrogens is 271 g/mol. The molecule has 3 N–H and O–H groups in total. The molecule has 0 amide bonds. The van der Waals surface area contributed by atoms with Crippen molar-refractivity contribution in [3.05, 3.63) is 23.5 Å². The number of hydrogen-bond acceptors (Lipinski definition) is 4. The molecule has 2 rings (SSSR count). The average molecular weight is 287 g/mol. The van der Waals surface area contributed by atoms with Crippen molar-refractivity contribution in [1.82, 2.24) is 14.6 Å². The van der Waals surface area contributed by atoms with E-state index in [9.17, 15) is 13.2 Å². The fourth-order valence-corrected chi connectivity index (χ4v) is 1.78. The van der Waals surface area contributed by atoms with Crippen molar-refractivity contribution in [2.45, 2.75) is 25.9 Å². The topological polar surface area (TPSA) is 68.2 Å². The molecule has 2 aromatic heterocycles. The summed E-state index contributed by atoms with van der Waals surface area (Å²) in [5, 5.41) is 7.15. The summed E-state index contributed by atoms with van der Waals surface area (Å²) in [6.07, 6.45) is -3.19. The van der Waals surface area contributed by atoms with Crippen LogP contribution in [0.2, 0.25) is 0 Å². The molecule has 0 atom stereocenters. The van der Waals surface area contributed by atoms with E-state index in [1.807, 2.05) is 6.92 Å².